The van der Waals surface area contributed by atoms with Gasteiger partial charge in [0.1, 0.15) is 0 Å². The molecule has 0 fully saturated rings. The number of carbonyl (C=O) groups is 2. The maximum Gasteiger partial charge on any atom is 0.328 e. The maximum atomic E-state index is 11.3. The Morgan fingerprint density at radius 1 is 1.33 bits per heavy atom. The summed E-state index contributed by atoms with van der Waals surface area (Å²) in [7, 11) is 0. The van der Waals surface area contributed by atoms with Crippen molar-refractivity contribution in [3.05, 3.63) is 30.1 Å². The lowest BCUT2D eigenvalue weighted by Crippen LogP contribution is -2.48. The first-order chi connectivity index (χ1) is 8.63. The van der Waals surface area contributed by atoms with Crippen LogP contribution in [-0.2, 0) is 11.2 Å². The number of carboxylic acid groups (broad SMARTS) is 1. The van der Waals surface area contributed by atoms with Crippen LogP contribution in [-0.4, -0.2) is 46.4 Å². The van der Waals surface area contributed by atoms with E-state index in [0.717, 1.165) is 5.56 Å². The van der Waals surface area contributed by atoms with Gasteiger partial charge in [0, 0.05) is 18.9 Å². The van der Waals surface area contributed by atoms with Gasteiger partial charge in [-0.3, -0.25) is 4.98 Å². The zero-order valence-corrected chi connectivity index (χ0v) is 9.67. The molecule has 1 aromatic heterocycles. The Labute approximate surface area is 104 Å². The summed E-state index contributed by atoms with van der Waals surface area (Å²) in [6.07, 6.45) is 3.93. The lowest BCUT2D eigenvalue weighted by Gasteiger charge is -2.12. The van der Waals surface area contributed by atoms with Gasteiger partial charge in [0.15, 0.2) is 6.04 Å². The second kappa shape index (κ2) is 7.23. The molecular weight excluding hydrogens is 238 g/mol. The number of aliphatic carboxylic acids is 1. The van der Waals surface area contributed by atoms with Crippen LogP contribution in [0.1, 0.15) is 5.56 Å². The van der Waals surface area contributed by atoms with Gasteiger partial charge in [0.05, 0.1) is 6.61 Å². The first-order valence-corrected chi connectivity index (χ1v) is 5.40. The monoisotopic (exact) mass is 253 g/mol. The smallest absolute Gasteiger partial charge is 0.328 e. The molecular formula is C11H15N3O4. The van der Waals surface area contributed by atoms with Crippen molar-refractivity contribution in [3.8, 4) is 0 Å². The highest BCUT2D eigenvalue weighted by Gasteiger charge is 2.17. The van der Waals surface area contributed by atoms with Gasteiger partial charge in [-0.1, -0.05) is 0 Å². The zero-order chi connectivity index (χ0) is 13.4. The number of nitrogens with one attached hydrogen (secondary N) is 2. The molecule has 7 nitrogen and oxygen atoms in total. The molecule has 1 aromatic rings. The van der Waals surface area contributed by atoms with Crippen LogP contribution >= 0.6 is 0 Å². The van der Waals surface area contributed by atoms with Gasteiger partial charge in [0.2, 0.25) is 0 Å². The van der Waals surface area contributed by atoms with Crippen molar-refractivity contribution in [1.82, 2.24) is 15.6 Å². The van der Waals surface area contributed by atoms with Crippen molar-refractivity contribution >= 4 is 12.0 Å². The Kier molecular flexibility index (Phi) is 5.59. The lowest BCUT2D eigenvalue weighted by atomic mass is 10.2. The summed E-state index contributed by atoms with van der Waals surface area (Å²) in [6, 6.07) is 1.75. The highest BCUT2D eigenvalue weighted by Crippen LogP contribution is 1.95. The fraction of sp³-hybridized carbons (Fsp3) is 0.364. The van der Waals surface area contributed by atoms with Crippen molar-refractivity contribution < 1.29 is 19.8 Å². The van der Waals surface area contributed by atoms with Gasteiger partial charge in [-0.05, 0) is 24.1 Å². The number of carboxylic acids is 1. The third kappa shape index (κ3) is 4.79. The molecule has 0 aromatic carbocycles. The van der Waals surface area contributed by atoms with Gasteiger partial charge in [-0.25, -0.2) is 9.59 Å². The predicted octanol–water partition coefficient (Wildman–Crippen LogP) is -0.631. The Morgan fingerprint density at radius 3 is 2.56 bits per heavy atom. The minimum absolute atomic E-state index is 0.369. The van der Waals surface area contributed by atoms with E-state index in [1.807, 2.05) is 12.1 Å². The van der Waals surface area contributed by atoms with E-state index in [9.17, 15) is 9.59 Å². The zero-order valence-electron chi connectivity index (χ0n) is 9.67. The molecule has 1 heterocycles. The molecule has 0 bridgehead atoms. The minimum Gasteiger partial charge on any atom is -0.480 e. The molecule has 0 radical (unpaired) electrons. The molecule has 0 aliphatic carbocycles. The van der Waals surface area contributed by atoms with E-state index in [1.165, 1.54) is 0 Å². The molecule has 0 saturated carbocycles. The van der Waals surface area contributed by atoms with E-state index >= 15 is 0 Å². The van der Waals surface area contributed by atoms with Crippen molar-refractivity contribution in [1.29, 1.82) is 0 Å². The van der Waals surface area contributed by atoms with Gasteiger partial charge in [-0.15, -0.1) is 0 Å². The summed E-state index contributed by atoms with van der Waals surface area (Å²) in [4.78, 5) is 25.7. The predicted molar refractivity (Wildman–Crippen MR) is 63.0 cm³/mol. The fourth-order valence-corrected chi connectivity index (χ4v) is 1.26. The van der Waals surface area contributed by atoms with Crippen molar-refractivity contribution in [2.24, 2.45) is 0 Å². The number of aromatic nitrogens is 1. The number of aliphatic hydroxyl groups excluding tert-OH is 1. The maximum absolute atomic E-state index is 11.3. The number of hydrogen-bond acceptors (Lipinski definition) is 4. The average molecular weight is 253 g/mol. The molecule has 1 rings (SSSR count). The van der Waals surface area contributed by atoms with Gasteiger partial charge < -0.3 is 20.8 Å². The van der Waals surface area contributed by atoms with E-state index < -0.39 is 24.6 Å². The van der Waals surface area contributed by atoms with E-state index in [1.54, 1.807) is 12.4 Å². The quantitative estimate of drug-likeness (QED) is 0.539. The van der Waals surface area contributed by atoms with Crippen LogP contribution < -0.4 is 10.6 Å². The molecule has 1 atom stereocenters. The molecule has 0 aliphatic heterocycles. The number of aliphatic hydroxyl groups is 1. The first kappa shape index (κ1) is 13.9. The van der Waals surface area contributed by atoms with Crippen LogP contribution in [0.4, 0.5) is 4.79 Å². The van der Waals surface area contributed by atoms with E-state index in [-0.39, 0.29) is 0 Å². The standard InChI is InChI=1S/C11H15N3O4/c15-7-9(10(16)17)14-11(18)13-6-3-8-1-4-12-5-2-8/h1-2,4-5,9,15H,3,6-7H2,(H,16,17)(H2,13,14,18)/t9-/m1/s1. The van der Waals surface area contributed by atoms with Crippen molar-refractivity contribution in [2.45, 2.75) is 12.5 Å². The third-order valence-corrected chi connectivity index (χ3v) is 2.23. The fourth-order valence-electron chi connectivity index (χ4n) is 1.26. The molecule has 7 heteroatoms. The van der Waals surface area contributed by atoms with Crippen LogP contribution in [0.3, 0.4) is 0 Å². The second-order valence-corrected chi connectivity index (χ2v) is 3.58. The van der Waals surface area contributed by atoms with E-state index in [4.69, 9.17) is 10.2 Å². The Hall–Kier alpha value is -2.15. The summed E-state index contributed by atoms with van der Waals surface area (Å²) in [5.74, 6) is -1.28. The van der Waals surface area contributed by atoms with Gasteiger partial charge in [-0.2, -0.15) is 0 Å². The number of rotatable bonds is 6. The number of hydrogen-bond donors (Lipinski definition) is 4. The molecule has 0 unspecified atom stereocenters. The van der Waals surface area contributed by atoms with Crippen LogP contribution in [0.5, 0.6) is 0 Å². The molecule has 0 spiro atoms. The lowest BCUT2D eigenvalue weighted by molar-refractivity contribution is -0.140. The second-order valence-electron chi connectivity index (χ2n) is 3.58. The van der Waals surface area contributed by atoms with Crippen LogP contribution in [0, 0.1) is 0 Å². The Bertz CT molecular complexity index is 397. The molecule has 2 amide bonds. The number of amides is 2. The summed E-state index contributed by atoms with van der Waals surface area (Å²) >= 11 is 0. The van der Waals surface area contributed by atoms with Crippen molar-refractivity contribution in [2.75, 3.05) is 13.2 Å². The minimum atomic E-state index is -1.29. The Balaban J connectivity index is 2.27. The number of nitrogens with zero attached hydrogens (tertiary/aromatic N) is 1. The highest BCUT2D eigenvalue weighted by molar-refractivity contribution is 5.82. The van der Waals surface area contributed by atoms with E-state index in [0.29, 0.717) is 13.0 Å². The summed E-state index contributed by atoms with van der Waals surface area (Å²) in [5, 5.41) is 22.0. The SMILES string of the molecule is O=C(NCCc1ccncc1)N[C@H](CO)C(=O)O. The van der Waals surface area contributed by atoms with Gasteiger partial charge >= 0.3 is 12.0 Å². The van der Waals surface area contributed by atoms with E-state index in [2.05, 4.69) is 15.6 Å². The molecule has 98 valence electrons. The molecule has 0 saturated heterocycles. The molecule has 0 aliphatic rings. The molecule has 18 heavy (non-hydrogen) atoms. The largest absolute Gasteiger partial charge is 0.480 e. The normalized spacial score (nSPS) is 11.6. The number of urea groups is 1. The highest BCUT2D eigenvalue weighted by atomic mass is 16.4. The van der Waals surface area contributed by atoms with Crippen LogP contribution in [0.2, 0.25) is 0 Å². The number of pyridine rings is 1. The summed E-state index contributed by atoms with van der Waals surface area (Å²) < 4.78 is 0. The van der Waals surface area contributed by atoms with Crippen LogP contribution in [0.15, 0.2) is 24.5 Å². The van der Waals surface area contributed by atoms with Crippen molar-refractivity contribution in [3.63, 3.8) is 0 Å². The molecule has 4 N–H and O–H groups in total. The summed E-state index contributed by atoms with van der Waals surface area (Å²) in [6.45, 7) is -0.277. The Morgan fingerprint density at radius 2 is 2.00 bits per heavy atom. The topological polar surface area (TPSA) is 112 Å². The van der Waals surface area contributed by atoms with Gasteiger partial charge in [0.25, 0.3) is 0 Å². The van der Waals surface area contributed by atoms with Crippen LogP contribution in [0.25, 0.3) is 0 Å². The summed E-state index contributed by atoms with van der Waals surface area (Å²) in [5.41, 5.74) is 1.02. The number of carbonyl (C=O) groups excluding carboxylic acids is 1. The first-order valence-electron chi connectivity index (χ1n) is 5.40. The third-order valence-electron chi connectivity index (χ3n) is 2.23. The average Bonchev–Trinajstić information content (AvgIpc) is 2.37.